The van der Waals surface area contributed by atoms with Crippen LogP contribution in [-0.4, -0.2) is 4.98 Å². The van der Waals surface area contributed by atoms with Gasteiger partial charge in [0.2, 0.25) is 0 Å². The number of nitriles is 1. The molecule has 0 bridgehead atoms. The van der Waals surface area contributed by atoms with Crippen LogP contribution in [-0.2, 0) is 6.61 Å². The highest BCUT2D eigenvalue weighted by atomic mass is 19.1. The lowest BCUT2D eigenvalue weighted by Crippen LogP contribution is -2.00. The maximum absolute atomic E-state index is 13.9. The zero-order valence-electron chi connectivity index (χ0n) is 11.1. The predicted molar refractivity (Wildman–Crippen MR) is 77.2 cm³/mol. The number of ether oxygens (including phenoxy) is 1. The molecule has 1 heterocycles. The Labute approximate surface area is 121 Å². The quantitative estimate of drug-likeness (QED) is 0.731. The van der Waals surface area contributed by atoms with Gasteiger partial charge in [0.05, 0.1) is 17.3 Å². The van der Waals surface area contributed by atoms with Gasteiger partial charge < -0.3 is 4.74 Å². The van der Waals surface area contributed by atoms with E-state index >= 15 is 0 Å². The van der Waals surface area contributed by atoms with E-state index < -0.39 is 5.82 Å². The summed E-state index contributed by atoms with van der Waals surface area (Å²) in [4.78, 5) is 4.28. The van der Waals surface area contributed by atoms with E-state index in [0.29, 0.717) is 11.3 Å². The molecular formula is C17H11FN2O. The smallest absolute Gasteiger partial charge is 0.147 e. The van der Waals surface area contributed by atoms with Crippen molar-refractivity contribution < 1.29 is 9.13 Å². The second-order valence-corrected chi connectivity index (χ2v) is 4.54. The Morgan fingerprint density at radius 2 is 2.00 bits per heavy atom. The molecule has 21 heavy (non-hydrogen) atoms. The number of pyridine rings is 1. The molecule has 0 saturated heterocycles. The van der Waals surface area contributed by atoms with E-state index in [9.17, 15) is 4.39 Å². The van der Waals surface area contributed by atoms with E-state index in [0.717, 1.165) is 10.9 Å². The van der Waals surface area contributed by atoms with Crippen LogP contribution in [0.2, 0.25) is 0 Å². The second-order valence-electron chi connectivity index (χ2n) is 4.54. The summed E-state index contributed by atoms with van der Waals surface area (Å²) in [6, 6.07) is 16.0. The summed E-state index contributed by atoms with van der Waals surface area (Å²) in [5, 5.41) is 9.77. The lowest BCUT2D eigenvalue weighted by Gasteiger charge is -2.08. The molecule has 0 radical (unpaired) electrons. The third kappa shape index (κ3) is 2.67. The van der Waals surface area contributed by atoms with Crippen LogP contribution in [0.3, 0.4) is 0 Å². The molecular weight excluding hydrogens is 267 g/mol. The Kier molecular flexibility index (Phi) is 3.48. The van der Waals surface area contributed by atoms with Crippen LogP contribution in [0, 0.1) is 17.1 Å². The van der Waals surface area contributed by atoms with Crippen LogP contribution in [0.5, 0.6) is 5.75 Å². The van der Waals surface area contributed by atoms with Gasteiger partial charge in [0.25, 0.3) is 0 Å². The van der Waals surface area contributed by atoms with Crippen molar-refractivity contribution in [3.63, 3.8) is 0 Å². The first-order valence-corrected chi connectivity index (χ1v) is 6.43. The molecule has 0 aliphatic carbocycles. The average Bonchev–Trinajstić information content (AvgIpc) is 2.54. The number of hydrogen-bond donors (Lipinski definition) is 0. The van der Waals surface area contributed by atoms with E-state index in [1.165, 1.54) is 6.07 Å². The minimum absolute atomic E-state index is 0.0211. The third-order valence-corrected chi connectivity index (χ3v) is 3.16. The van der Waals surface area contributed by atoms with Gasteiger partial charge in [-0.1, -0.05) is 30.3 Å². The molecule has 0 aliphatic rings. The molecule has 102 valence electrons. The van der Waals surface area contributed by atoms with E-state index in [1.807, 2.05) is 36.4 Å². The lowest BCUT2D eigenvalue weighted by molar-refractivity contribution is 0.299. The van der Waals surface area contributed by atoms with E-state index in [2.05, 4.69) is 4.98 Å². The standard InChI is InChI=1S/C17H11FN2O/c18-17-13(9-19)5-3-6-14(17)11-21-15-8-12-4-1-2-7-16(12)20-10-15/h1-8,10H,11H2. The molecule has 0 fully saturated rings. The highest BCUT2D eigenvalue weighted by Crippen LogP contribution is 2.20. The first-order chi connectivity index (χ1) is 10.3. The number of benzene rings is 2. The second kappa shape index (κ2) is 5.59. The molecule has 0 saturated carbocycles. The van der Waals surface area contributed by atoms with Gasteiger partial charge in [0.1, 0.15) is 24.2 Å². The van der Waals surface area contributed by atoms with E-state index in [1.54, 1.807) is 18.3 Å². The SMILES string of the molecule is N#Cc1cccc(COc2cnc3ccccc3c2)c1F. The number of para-hydroxylation sites is 1. The normalized spacial score (nSPS) is 10.3. The van der Waals surface area contributed by atoms with E-state index in [-0.39, 0.29) is 12.2 Å². The van der Waals surface area contributed by atoms with Crippen molar-refractivity contribution in [2.45, 2.75) is 6.61 Å². The van der Waals surface area contributed by atoms with Gasteiger partial charge in [-0.15, -0.1) is 0 Å². The molecule has 4 heteroatoms. The van der Waals surface area contributed by atoms with Gasteiger partial charge in [-0.05, 0) is 18.2 Å². The molecule has 2 aromatic carbocycles. The monoisotopic (exact) mass is 278 g/mol. The fraction of sp³-hybridized carbons (Fsp3) is 0.0588. The number of rotatable bonds is 3. The number of aromatic nitrogens is 1. The van der Waals surface area contributed by atoms with Crippen LogP contribution >= 0.6 is 0 Å². The summed E-state index contributed by atoms with van der Waals surface area (Å²) in [6.07, 6.45) is 1.61. The largest absolute Gasteiger partial charge is 0.487 e. The van der Waals surface area contributed by atoms with Crippen molar-refractivity contribution >= 4 is 10.9 Å². The predicted octanol–water partition coefficient (Wildman–Crippen LogP) is 3.82. The van der Waals surface area contributed by atoms with Crippen LogP contribution in [0.15, 0.2) is 54.7 Å². The topological polar surface area (TPSA) is 45.9 Å². The molecule has 0 N–H and O–H groups in total. The summed E-state index contributed by atoms with van der Waals surface area (Å²) in [5.41, 5.74) is 1.25. The van der Waals surface area contributed by atoms with Gasteiger partial charge in [-0.2, -0.15) is 5.26 Å². The van der Waals surface area contributed by atoms with Crippen LogP contribution in [0.25, 0.3) is 10.9 Å². The first kappa shape index (κ1) is 13.1. The Balaban J connectivity index is 1.82. The van der Waals surface area contributed by atoms with Gasteiger partial charge in [0, 0.05) is 10.9 Å². The zero-order valence-corrected chi connectivity index (χ0v) is 11.1. The molecule has 0 amide bonds. The molecule has 1 aromatic heterocycles. The maximum Gasteiger partial charge on any atom is 0.147 e. The lowest BCUT2D eigenvalue weighted by atomic mass is 10.1. The zero-order chi connectivity index (χ0) is 14.7. The van der Waals surface area contributed by atoms with Crippen molar-refractivity contribution in [1.82, 2.24) is 4.98 Å². The third-order valence-electron chi connectivity index (χ3n) is 3.16. The van der Waals surface area contributed by atoms with Gasteiger partial charge in [-0.3, -0.25) is 4.98 Å². The maximum atomic E-state index is 13.9. The fourth-order valence-electron chi connectivity index (χ4n) is 2.07. The average molecular weight is 278 g/mol. The molecule has 0 atom stereocenters. The molecule has 0 aliphatic heterocycles. The summed E-state index contributed by atoms with van der Waals surface area (Å²) in [6.45, 7) is 0.0569. The minimum Gasteiger partial charge on any atom is -0.487 e. The highest BCUT2D eigenvalue weighted by Gasteiger charge is 2.08. The van der Waals surface area contributed by atoms with Crippen molar-refractivity contribution in [3.05, 3.63) is 71.7 Å². The Bertz CT molecular complexity index is 840. The van der Waals surface area contributed by atoms with Crippen molar-refractivity contribution in [2.24, 2.45) is 0 Å². The Hall–Kier alpha value is -2.93. The summed E-state index contributed by atoms with van der Waals surface area (Å²) in [5.74, 6) is 0.0317. The van der Waals surface area contributed by atoms with Gasteiger partial charge in [-0.25, -0.2) is 4.39 Å². The Morgan fingerprint density at radius 3 is 2.86 bits per heavy atom. The molecule has 0 spiro atoms. The van der Waals surface area contributed by atoms with Crippen LogP contribution < -0.4 is 4.74 Å². The molecule has 3 rings (SSSR count). The van der Waals surface area contributed by atoms with Crippen LogP contribution in [0.4, 0.5) is 4.39 Å². The van der Waals surface area contributed by atoms with Crippen LogP contribution in [0.1, 0.15) is 11.1 Å². The number of fused-ring (bicyclic) bond motifs is 1. The summed E-state index contributed by atoms with van der Waals surface area (Å²) in [7, 11) is 0. The first-order valence-electron chi connectivity index (χ1n) is 6.43. The van der Waals surface area contributed by atoms with Gasteiger partial charge in [0.15, 0.2) is 0 Å². The molecule has 3 aromatic rings. The number of nitrogens with zero attached hydrogens (tertiary/aromatic N) is 2. The molecule has 3 nitrogen and oxygen atoms in total. The van der Waals surface area contributed by atoms with Gasteiger partial charge >= 0.3 is 0 Å². The minimum atomic E-state index is -0.534. The Morgan fingerprint density at radius 1 is 1.14 bits per heavy atom. The van der Waals surface area contributed by atoms with Crippen molar-refractivity contribution in [2.75, 3.05) is 0 Å². The number of halogens is 1. The highest BCUT2D eigenvalue weighted by molar-refractivity contribution is 5.79. The molecule has 0 unspecified atom stereocenters. The summed E-state index contributed by atoms with van der Waals surface area (Å²) < 4.78 is 19.5. The van der Waals surface area contributed by atoms with Crippen molar-refractivity contribution in [1.29, 1.82) is 5.26 Å². The fourth-order valence-corrected chi connectivity index (χ4v) is 2.07. The summed E-state index contributed by atoms with van der Waals surface area (Å²) >= 11 is 0. The number of hydrogen-bond acceptors (Lipinski definition) is 3. The van der Waals surface area contributed by atoms with E-state index in [4.69, 9.17) is 10.00 Å². The van der Waals surface area contributed by atoms with Crippen molar-refractivity contribution in [3.8, 4) is 11.8 Å².